The molecule has 0 spiro atoms. The van der Waals surface area contributed by atoms with E-state index in [-0.39, 0.29) is 11.8 Å². The van der Waals surface area contributed by atoms with E-state index in [1.54, 1.807) is 0 Å². The molecule has 4 unspecified atom stereocenters. The fraction of sp³-hybridized carbons (Fsp3) is 0.500. The van der Waals surface area contributed by atoms with Crippen molar-refractivity contribution in [3.63, 3.8) is 0 Å². The number of hydrogen-bond acceptors (Lipinski definition) is 2. The van der Waals surface area contributed by atoms with Crippen molar-refractivity contribution in [2.75, 3.05) is 5.32 Å². The van der Waals surface area contributed by atoms with Crippen molar-refractivity contribution in [3.8, 4) is 0 Å². The van der Waals surface area contributed by atoms with Crippen molar-refractivity contribution in [1.29, 1.82) is 0 Å². The largest absolute Gasteiger partial charge is 0.389 e. The molecule has 0 aliphatic heterocycles. The second-order valence-corrected chi connectivity index (χ2v) is 7.91. The van der Waals surface area contributed by atoms with Crippen LogP contribution in [0.1, 0.15) is 24.8 Å². The van der Waals surface area contributed by atoms with Crippen LogP contribution in [0, 0.1) is 29.6 Å². The Morgan fingerprint density at radius 2 is 1.95 bits per heavy atom. The van der Waals surface area contributed by atoms with Crippen molar-refractivity contribution in [2.24, 2.45) is 35.3 Å². The minimum atomic E-state index is 0.150. The molecule has 21 heavy (non-hydrogen) atoms. The summed E-state index contributed by atoms with van der Waals surface area (Å²) in [5.74, 6) is 3.25. The first-order chi connectivity index (χ1) is 10.1. The summed E-state index contributed by atoms with van der Waals surface area (Å²) < 4.78 is 0.911. The normalized spacial score (nSPS) is 35.4. The number of hydrogen-bond donors (Lipinski definition) is 2. The van der Waals surface area contributed by atoms with Gasteiger partial charge in [0.15, 0.2) is 0 Å². The van der Waals surface area contributed by atoms with E-state index in [1.165, 1.54) is 19.3 Å². The van der Waals surface area contributed by atoms with E-state index in [0.717, 1.165) is 27.6 Å². The minimum absolute atomic E-state index is 0.150. The highest BCUT2D eigenvalue weighted by atomic mass is 79.9. The number of amides is 1. The number of nitrogens with two attached hydrogens (primary N) is 1. The quantitative estimate of drug-likeness (QED) is 0.808. The second kappa shape index (κ2) is 4.78. The van der Waals surface area contributed by atoms with Crippen molar-refractivity contribution in [1.82, 2.24) is 0 Å². The molecular weight excluding hydrogens is 348 g/mol. The van der Waals surface area contributed by atoms with Gasteiger partial charge in [0.25, 0.3) is 0 Å². The lowest BCUT2D eigenvalue weighted by Crippen LogP contribution is -2.21. The third-order valence-electron chi connectivity index (χ3n) is 5.54. The Balaban J connectivity index is 1.53. The summed E-state index contributed by atoms with van der Waals surface area (Å²) in [5, 5.41) is 3.06. The number of fused-ring (bicyclic) bond motifs is 5. The molecule has 3 aliphatic carbocycles. The van der Waals surface area contributed by atoms with Crippen LogP contribution in [0.25, 0.3) is 0 Å². The highest BCUT2D eigenvalue weighted by Crippen LogP contribution is 2.69. The SMILES string of the molecule is NC(=S)c1ccc(Br)cc1NC(=O)C1C2C3CCC(C3)C12. The molecule has 4 rings (SSSR count). The summed E-state index contributed by atoms with van der Waals surface area (Å²) in [4.78, 5) is 12.9. The Bertz CT molecular complexity index is 631. The van der Waals surface area contributed by atoms with Gasteiger partial charge in [-0.25, -0.2) is 0 Å². The van der Waals surface area contributed by atoms with E-state index in [0.29, 0.717) is 16.8 Å². The molecule has 5 heteroatoms. The minimum Gasteiger partial charge on any atom is -0.389 e. The molecule has 0 saturated heterocycles. The highest BCUT2D eigenvalue weighted by Gasteiger charge is 2.67. The van der Waals surface area contributed by atoms with Crippen LogP contribution in [0.3, 0.4) is 0 Å². The molecular formula is C16H17BrN2OS. The Morgan fingerprint density at radius 1 is 1.29 bits per heavy atom. The van der Waals surface area contributed by atoms with E-state index in [2.05, 4.69) is 21.2 Å². The summed E-state index contributed by atoms with van der Waals surface area (Å²) >= 11 is 8.50. The third kappa shape index (κ3) is 2.13. The lowest BCUT2D eigenvalue weighted by atomic mass is 10.0. The van der Waals surface area contributed by atoms with Crippen LogP contribution in [-0.2, 0) is 4.79 Å². The van der Waals surface area contributed by atoms with Gasteiger partial charge in [-0.15, -0.1) is 0 Å². The van der Waals surface area contributed by atoms with Gasteiger partial charge in [-0.3, -0.25) is 4.79 Å². The molecule has 1 amide bonds. The van der Waals surface area contributed by atoms with Gasteiger partial charge in [-0.2, -0.15) is 0 Å². The Kier molecular flexibility index (Phi) is 3.12. The van der Waals surface area contributed by atoms with E-state index in [9.17, 15) is 4.79 Å². The van der Waals surface area contributed by atoms with Crippen LogP contribution in [-0.4, -0.2) is 10.9 Å². The summed E-state index contributed by atoms with van der Waals surface area (Å²) in [6, 6.07) is 5.61. The van der Waals surface area contributed by atoms with Gasteiger partial charge < -0.3 is 11.1 Å². The number of anilines is 1. The fourth-order valence-electron chi connectivity index (χ4n) is 4.73. The monoisotopic (exact) mass is 364 g/mol. The maximum absolute atomic E-state index is 12.6. The predicted octanol–water partition coefficient (Wildman–Crippen LogP) is 3.31. The number of benzene rings is 1. The molecule has 3 saturated carbocycles. The second-order valence-electron chi connectivity index (χ2n) is 6.56. The summed E-state index contributed by atoms with van der Waals surface area (Å²) in [6.07, 6.45) is 4.00. The van der Waals surface area contributed by atoms with Gasteiger partial charge >= 0.3 is 0 Å². The van der Waals surface area contributed by atoms with Crippen LogP contribution < -0.4 is 11.1 Å². The molecule has 0 radical (unpaired) electrons. The fourth-order valence-corrected chi connectivity index (χ4v) is 5.27. The van der Waals surface area contributed by atoms with Crippen LogP contribution in [0.15, 0.2) is 22.7 Å². The standard InChI is InChI=1S/C16H17BrN2OS/c17-9-3-4-10(15(18)21)11(6-9)19-16(20)14-12-7-1-2-8(5-7)13(12)14/h3-4,6-8,12-14H,1-2,5H2,(H2,18,21)(H,19,20). The van der Waals surface area contributed by atoms with Crippen molar-refractivity contribution in [2.45, 2.75) is 19.3 Å². The van der Waals surface area contributed by atoms with Crippen molar-refractivity contribution in [3.05, 3.63) is 28.2 Å². The summed E-state index contributed by atoms with van der Waals surface area (Å²) in [6.45, 7) is 0. The Labute approximate surface area is 137 Å². The molecule has 4 atom stereocenters. The zero-order chi connectivity index (χ0) is 14.7. The van der Waals surface area contributed by atoms with Crippen LogP contribution in [0.5, 0.6) is 0 Å². The Morgan fingerprint density at radius 3 is 2.57 bits per heavy atom. The molecule has 3 aliphatic rings. The predicted molar refractivity (Wildman–Crippen MR) is 90.0 cm³/mol. The third-order valence-corrected chi connectivity index (χ3v) is 6.26. The van der Waals surface area contributed by atoms with Gasteiger partial charge in [0.2, 0.25) is 5.91 Å². The van der Waals surface area contributed by atoms with Gasteiger partial charge in [-0.05, 0) is 61.1 Å². The molecule has 2 bridgehead atoms. The first-order valence-electron chi connectivity index (χ1n) is 7.46. The molecule has 3 nitrogen and oxygen atoms in total. The van der Waals surface area contributed by atoms with Crippen molar-refractivity contribution >= 4 is 44.7 Å². The molecule has 1 aromatic rings. The molecule has 0 aromatic heterocycles. The highest BCUT2D eigenvalue weighted by molar-refractivity contribution is 9.10. The number of rotatable bonds is 3. The number of carbonyl (C=O) groups is 1. The first-order valence-corrected chi connectivity index (χ1v) is 8.66. The molecule has 3 fully saturated rings. The van der Waals surface area contributed by atoms with Gasteiger partial charge in [0.05, 0.1) is 5.69 Å². The maximum Gasteiger partial charge on any atom is 0.228 e. The topological polar surface area (TPSA) is 55.1 Å². The zero-order valence-corrected chi connectivity index (χ0v) is 13.9. The average Bonchev–Trinajstić information content (AvgIpc) is 2.88. The smallest absolute Gasteiger partial charge is 0.228 e. The Hall–Kier alpha value is -0.940. The number of nitrogens with one attached hydrogen (secondary N) is 1. The van der Waals surface area contributed by atoms with E-state index < -0.39 is 0 Å². The lowest BCUT2D eigenvalue weighted by molar-refractivity contribution is -0.118. The zero-order valence-electron chi connectivity index (χ0n) is 11.5. The number of thiocarbonyl (C=S) groups is 1. The molecule has 3 N–H and O–H groups in total. The lowest BCUT2D eigenvalue weighted by Gasteiger charge is -2.13. The maximum atomic E-state index is 12.6. The van der Waals surface area contributed by atoms with Gasteiger partial charge in [0.1, 0.15) is 4.99 Å². The number of halogens is 1. The summed E-state index contributed by atoms with van der Waals surface area (Å²) in [7, 11) is 0. The van der Waals surface area contributed by atoms with Crippen LogP contribution >= 0.6 is 28.1 Å². The van der Waals surface area contributed by atoms with Crippen LogP contribution in [0.4, 0.5) is 5.69 Å². The van der Waals surface area contributed by atoms with Gasteiger partial charge in [-0.1, -0.05) is 28.1 Å². The molecule has 0 heterocycles. The molecule has 110 valence electrons. The number of carbonyl (C=O) groups excluding carboxylic acids is 1. The molecule has 1 aromatic carbocycles. The van der Waals surface area contributed by atoms with E-state index in [1.807, 2.05) is 18.2 Å². The summed E-state index contributed by atoms with van der Waals surface area (Å²) in [5.41, 5.74) is 7.20. The van der Waals surface area contributed by atoms with E-state index in [4.69, 9.17) is 18.0 Å². The average molecular weight is 365 g/mol. The first kappa shape index (κ1) is 13.7. The van der Waals surface area contributed by atoms with Crippen LogP contribution in [0.2, 0.25) is 0 Å². The van der Waals surface area contributed by atoms with E-state index >= 15 is 0 Å². The van der Waals surface area contributed by atoms with Crippen molar-refractivity contribution < 1.29 is 4.79 Å². The van der Waals surface area contributed by atoms with Gasteiger partial charge in [0, 0.05) is 16.0 Å².